The lowest BCUT2D eigenvalue weighted by atomic mass is 10.0. The summed E-state index contributed by atoms with van der Waals surface area (Å²) in [5.74, 6) is 1.48. The number of hydrogen-bond acceptors (Lipinski definition) is 5. The van der Waals surface area contributed by atoms with Gasteiger partial charge in [0.25, 0.3) is 0 Å². The molecule has 0 aromatic carbocycles. The van der Waals surface area contributed by atoms with Crippen LogP contribution in [-0.4, -0.2) is 22.1 Å². The molecule has 0 fully saturated rings. The molecule has 0 aliphatic carbocycles. The molecule has 1 amide bonds. The van der Waals surface area contributed by atoms with Crippen molar-refractivity contribution in [2.24, 2.45) is 5.92 Å². The summed E-state index contributed by atoms with van der Waals surface area (Å²) >= 11 is 1.36. The van der Waals surface area contributed by atoms with Crippen LogP contribution in [0.15, 0.2) is 15.9 Å². The smallest absolute Gasteiger partial charge is 0.228 e. The number of carbonyl (C=O) groups is 1. The van der Waals surface area contributed by atoms with E-state index in [1.165, 1.54) is 11.3 Å². The van der Waals surface area contributed by atoms with Gasteiger partial charge in [0.1, 0.15) is 11.5 Å². The molecule has 0 aliphatic heterocycles. The SMILES string of the molecule is Cc1cc(-c2csc(NC(=O)CC(O)C(C)C)n2)c(C)o1. The van der Waals surface area contributed by atoms with Crippen molar-refractivity contribution in [1.82, 2.24) is 4.98 Å². The highest BCUT2D eigenvalue weighted by atomic mass is 32.1. The number of aryl methyl sites for hydroxylation is 2. The number of nitrogens with zero attached hydrogens (tertiary/aromatic N) is 1. The zero-order chi connectivity index (χ0) is 15.6. The molecular formula is C15H20N2O3S. The first-order valence-electron chi connectivity index (χ1n) is 6.87. The van der Waals surface area contributed by atoms with Crippen LogP contribution in [0.4, 0.5) is 5.13 Å². The summed E-state index contributed by atoms with van der Waals surface area (Å²) in [6.07, 6.45) is -0.556. The maximum Gasteiger partial charge on any atom is 0.228 e. The van der Waals surface area contributed by atoms with E-state index < -0.39 is 6.10 Å². The van der Waals surface area contributed by atoms with Crippen LogP contribution in [0.1, 0.15) is 31.8 Å². The van der Waals surface area contributed by atoms with Crippen LogP contribution in [0.3, 0.4) is 0 Å². The predicted molar refractivity (Wildman–Crippen MR) is 83.4 cm³/mol. The monoisotopic (exact) mass is 308 g/mol. The van der Waals surface area contributed by atoms with Crippen LogP contribution < -0.4 is 5.32 Å². The van der Waals surface area contributed by atoms with E-state index in [0.717, 1.165) is 22.8 Å². The molecule has 2 heterocycles. The quantitative estimate of drug-likeness (QED) is 0.888. The number of aromatic nitrogens is 1. The average Bonchev–Trinajstić information content (AvgIpc) is 2.95. The number of aliphatic hydroxyl groups excluding tert-OH is 1. The Balaban J connectivity index is 2.04. The Morgan fingerprint density at radius 1 is 1.48 bits per heavy atom. The van der Waals surface area contributed by atoms with Crippen LogP contribution in [0.2, 0.25) is 0 Å². The van der Waals surface area contributed by atoms with E-state index in [1.807, 2.05) is 39.1 Å². The summed E-state index contributed by atoms with van der Waals surface area (Å²) < 4.78 is 5.48. The summed E-state index contributed by atoms with van der Waals surface area (Å²) in [4.78, 5) is 16.2. The van der Waals surface area contributed by atoms with Crippen LogP contribution in [0.5, 0.6) is 0 Å². The van der Waals surface area contributed by atoms with Crippen molar-refractivity contribution < 1.29 is 14.3 Å². The molecular weight excluding hydrogens is 288 g/mol. The summed E-state index contributed by atoms with van der Waals surface area (Å²) in [5, 5.41) is 14.8. The molecule has 0 saturated heterocycles. The van der Waals surface area contributed by atoms with Gasteiger partial charge >= 0.3 is 0 Å². The van der Waals surface area contributed by atoms with Crippen molar-refractivity contribution >= 4 is 22.4 Å². The third-order valence-corrected chi connectivity index (χ3v) is 3.99. The number of carbonyl (C=O) groups excluding carboxylic acids is 1. The van der Waals surface area contributed by atoms with Gasteiger partial charge in [0.2, 0.25) is 5.91 Å². The van der Waals surface area contributed by atoms with Crippen molar-refractivity contribution in [2.45, 2.75) is 40.2 Å². The van der Waals surface area contributed by atoms with E-state index in [0.29, 0.717) is 5.13 Å². The summed E-state index contributed by atoms with van der Waals surface area (Å²) in [6.45, 7) is 7.53. The Bertz CT molecular complexity index is 631. The number of nitrogens with one attached hydrogen (secondary N) is 1. The van der Waals surface area contributed by atoms with Gasteiger partial charge < -0.3 is 14.8 Å². The normalized spacial score (nSPS) is 12.7. The Morgan fingerprint density at radius 3 is 2.76 bits per heavy atom. The van der Waals surface area contributed by atoms with E-state index in [1.54, 1.807) is 0 Å². The summed E-state index contributed by atoms with van der Waals surface area (Å²) in [7, 11) is 0. The lowest BCUT2D eigenvalue weighted by Crippen LogP contribution is -2.23. The maximum atomic E-state index is 11.8. The second kappa shape index (κ2) is 6.41. The third kappa shape index (κ3) is 3.92. The van der Waals surface area contributed by atoms with Gasteiger partial charge in [-0.1, -0.05) is 13.8 Å². The fraction of sp³-hybridized carbons (Fsp3) is 0.467. The van der Waals surface area contributed by atoms with Crippen LogP contribution in [0, 0.1) is 19.8 Å². The molecule has 2 aromatic heterocycles. The Labute approximate surface area is 128 Å². The van der Waals surface area contributed by atoms with Gasteiger partial charge in [-0.25, -0.2) is 4.98 Å². The topological polar surface area (TPSA) is 75.4 Å². The Morgan fingerprint density at radius 2 is 2.19 bits per heavy atom. The number of thiazole rings is 1. The molecule has 2 rings (SSSR count). The fourth-order valence-corrected chi connectivity index (χ4v) is 2.66. The van der Waals surface area contributed by atoms with Crippen molar-refractivity contribution in [3.05, 3.63) is 23.0 Å². The van der Waals surface area contributed by atoms with E-state index in [2.05, 4.69) is 10.3 Å². The number of furan rings is 1. The van der Waals surface area contributed by atoms with Crippen LogP contribution in [-0.2, 0) is 4.79 Å². The van der Waals surface area contributed by atoms with Crippen LogP contribution >= 0.6 is 11.3 Å². The van der Waals surface area contributed by atoms with Crippen molar-refractivity contribution in [3.8, 4) is 11.3 Å². The van der Waals surface area contributed by atoms with Gasteiger partial charge in [-0.2, -0.15) is 0 Å². The maximum absolute atomic E-state index is 11.8. The largest absolute Gasteiger partial charge is 0.466 e. The summed E-state index contributed by atoms with van der Waals surface area (Å²) in [5.41, 5.74) is 1.72. The highest BCUT2D eigenvalue weighted by Crippen LogP contribution is 2.29. The Hall–Kier alpha value is -1.66. The molecule has 0 radical (unpaired) electrons. The minimum Gasteiger partial charge on any atom is -0.466 e. The van der Waals surface area contributed by atoms with Gasteiger partial charge in [0, 0.05) is 10.9 Å². The molecule has 5 nitrogen and oxygen atoms in total. The van der Waals surface area contributed by atoms with Gasteiger partial charge in [-0.05, 0) is 25.8 Å². The molecule has 0 spiro atoms. The second-order valence-electron chi connectivity index (χ2n) is 5.43. The lowest BCUT2D eigenvalue weighted by Gasteiger charge is -2.12. The van der Waals surface area contributed by atoms with Gasteiger partial charge in [0.05, 0.1) is 18.2 Å². The van der Waals surface area contributed by atoms with Crippen molar-refractivity contribution in [2.75, 3.05) is 5.32 Å². The number of aliphatic hydroxyl groups is 1. The van der Waals surface area contributed by atoms with Crippen molar-refractivity contribution in [1.29, 1.82) is 0 Å². The zero-order valence-electron chi connectivity index (χ0n) is 12.6. The highest BCUT2D eigenvalue weighted by Gasteiger charge is 2.16. The molecule has 0 bridgehead atoms. The van der Waals surface area contributed by atoms with Gasteiger partial charge in [0.15, 0.2) is 5.13 Å². The van der Waals surface area contributed by atoms with E-state index in [-0.39, 0.29) is 18.2 Å². The minimum atomic E-state index is -0.636. The molecule has 1 unspecified atom stereocenters. The molecule has 21 heavy (non-hydrogen) atoms. The lowest BCUT2D eigenvalue weighted by molar-refractivity contribution is -0.118. The molecule has 1 atom stereocenters. The molecule has 6 heteroatoms. The fourth-order valence-electron chi connectivity index (χ4n) is 1.94. The first-order valence-corrected chi connectivity index (χ1v) is 7.75. The van der Waals surface area contributed by atoms with Gasteiger partial charge in [-0.3, -0.25) is 4.79 Å². The highest BCUT2D eigenvalue weighted by molar-refractivity contribution is 7.14. The Kier molecular flexibility index (Phi) is 4.80. The molecule has 114 valence electrons. The molecule has 0 saturated carbocycles. The van der Waals surface area contributed by atoms with Crippen LogP contribution in [0.25, 0.3) is 11.3 Å². The first kappa shape index (κ1) is 15.7. The number of rotatable bonds is 5. The third-order valence-electron chi connectivity index (χ3n) is 3.23. The van der Waals surface area contributed by atoms with E-state index in [9.17, 15) is 9.90 Å². The molecule has 2 aromatic rings. The number of amides is 1. The van der Waals surface area contributed by atoms with E-state index >= 15 is 0 Å². The molecule has 0 aliphatic rings. The number of hydrogen-bond donors (Lipinski definition) is 2. The summed E-state index contributed by atoms with van der Waals surface area (Å²) in [6, 6.07) is 1.93. The standard InChI is InChI=1S/C15H20N2O3S/c1-8(2)13(18)6-14(19)17-15-16-12(7-21-15)11-5-9(3)20-10(11)4/h5,7-8,13,18H,6H2,1-4H3,(H,16,17,19). The van der Waals surface area contributed by atoms with Gasteiger partial charge in [-0.15, -0.1) is 11.3 Å². The van der Waals surface area contributed by atoms with Crippen molar-refractivity contribution in [3.63, 3.8) is 0 Å². The first-order chi connectivity index (χ1) is 9.86. The second-order valence-corrected chi connectivity index (χ2v) is 6.29. The van der Waals surface area contributed by atoms with E-state index in [4.69, 9.17) is 4.42 Å². The average molecular weight is 308 g/mol. The minimum absolute atomic E-state index is 0.0548. The predicted octanol–water partition coefficient (Wildman–Crippen LogP) is 3.37. The zero-order valence-corrected chi connectivity index (χ0v) is 13.5. The number of anilines is 1. The molecule has 2 N–H and O–H groups in total.